The molecule has 5 heteroatoms. The maximum atomic E-state index is 4.32. The minimum absolute atomic E-state index is 0.633. The van der Waals surface area contributed by atoms with Crippen molar-refractivity contribution in [2.45, 2.75) is 25.3 Å². The molecule has 2 aromatic rings. The molecule has 0 radical (unpaired) electrons. The van der Waals surface area contributed by atoms with E-state index in [1.165, 1.54) is 17.1 Å². The molecule has 90 valence electrons. The molecule has 1 atom stereocenters. The summed E-state index contributed by atoms with van der Waals surface area (Å²) < 4.78 is 2.28. The van der Waals surface area contributed by atoms with Crippen molar-refractivity contribution in [3.63, 3.8) is 0 Å². The highest BCUT2D eigenvalue weighted by molar-refractivity contribution is 7.09. The first-order chi connectivity index (χ1) is 8.43. The average molecular weight is 248 g/mol. The van der Waals surface area contributed by atoms with Crippen LogP contribution in [0.25, 0.3) is 0 Å². The minimum Gasteiger partial charge on any atom is -0.334 e. The predicted octanol–water partition coefficient (Wildman–Crippen LogP) is 1.66. The van der Waals surface area contributed by atoms with Gasteiger partial charge in [0.1, 0.15) is 0 Å². The Balaban J connectivity index is 1.68. The molecule has 0 amide bonds. The number of rotatable bonds is 4. The molecule has 1 N–H and O–H groups in total. The predicted molar refractivity (Wildman–Crippen MR) is 68.3 cm³/mol. The van der Waals surface area contributed by atoms with Gasteiger partial charge < -0.3 is 9.88 Å². The second-order valence-electron chi connectivity index (χ2n) is 4.38. The van der Waals surface area contributed by atoms with Gasteiger partial charge >= 0.3 is 0 Å². The number of aryl methyl sites for hydroxylation is 2. The van der Waals surface area contributed by atoms with Crippen LogP contribution in [0.4, 0.5) is 0 Å². The second-order valence-corrected chi connectivity index (χ2v) is 5.36. The van der Waals surface area contributed by atoms with Crippen LogP contribution in [0, 0.1) is 0 Å². The van der Waals surface area contributed by atoms with E-state index in [1.54, 1.807) is 11.3 Å². The number of hydrogen-bond donors (Lipinski definition) is 1. The van der Waals surface area contributed by atoms with Gasteiger partial charge in [0.25, 0.3) is 0 Å². The molecule has 17 heavy (non-hydrogen) atoms. The van der Waals surface area contributed by atoms with E-state index >= 15 is 0 Å². The zero-order valence-corrected chi connectivity index (χ0v) is 10.5. The van der Waals surface area contributed by atoms with Crippen molar-refractivity contribution < 1.29 is 0 Å². The van der Waals surface area contributed by atoms with Crippen LogP contribution in [-0.2, 0) is 13.0 Å². The van der Waals surface area contributed by atoms with Crippen molar-refractivity contribution in [2.75, 3.05) is 13.1 Å². The number of nitrogens with one attached hydrogen (secondary N) is 1. The second kappa shape index (κ2) is 4.98. The Labute approximate surface area is 105 Å². The minimum atomic E-state index is 0.633. The summed E-state index contributed by atoms with van der Waals surface area (Å²) in [6, 6.07) is 0. The maximum absolute atomic E-state index is 4.32. The van der Waals surface area contributed by atoms with E-state index in [1.807, 2.05) is 24.1 Å². The molecule has 4 nitrogen and oxygen atoms in total. The monoisotopic (exact) mass is 248 g/mol. The Bertz CT molecular complexity index is 457. The van der Waals surface area contributed by atoms with Crippen LogP contribution >= 0.6 is 11.3 Å². The summed E-state index contributed by atoms with van der Waals surface area (Å²) in [4.78, 5) is 8.60. The van der Waals surface area contributed by atoms with Crippen molar-refractivity contribution in [1.29, 1.82) is 0 Å². The van der Waals surface area contributed by atoms with E-state index in [-0.39, 0.29) is 0 Å². The summed E-state index contributed by atoms with van der Waals surface area (Å²) in [5, 5.41) is 6.64. The van der Waals surface area contributed by atoms with E-state index < -0.39 is 0 Å². The lowest BCUT2D eigenvalue weighted by Gasteiger charge is -2.11. The molecule has 0 bridgehead atoms. The summed E-state index contributed by atoms with van der Waals surface area (Å²) >= 11 is 1.73. The van der Waals surface area contributed by atoms with Crippen molar-refractivity contribution in [1.82, 2.24) is 19.9 Å². The summed E-state index contributed by atoms with van der Waals surface area (Å²) in [6.07, 6.45) is 8.06. The Morgan fingerprint density at radius 1 is 1.53 bits per heavy atom. The van der Waals surface area contributed by atoms with Gasteiger partial charge in [-0.2, -0.15) is 0 Å². The van der Waals surface area contributed by atoms with E-state index in [9.17, 15) is 0 Å². The van der Waals surface area contributed by atoms with Gasteiger partial charge in [0.2, 0.25) is 0 Å². The highest BCUT2D eigenvalue weighted by atomic mass is 32.1. The van der Waals surface area contributed by atoms with Gasteiger partial charge in [-0.1, -0.05) is 0 Å². The molecule has 2 aromatic heterocycles. The Kier molecular flexibility index (Phi) is 3.20. The first kappa shape index (κ1) is 10.9. The number of nitrogens with zero attached hydrogens (tertiary/aromatic N) is 3. The van der Waals surface area contributed by atoms with E-state index in [0.717, 1.165) is 26.1 Å². The Hall–Kier alpha value is -1.20. The molecule has 3 heterocycles. The third kappa shape index (κ3) is 2.40. The topological polar surface area (TPSA) is 42.7 Å². The quantitative estimate of drug-likeness (QED) is 0.895. The first-order valence-electron chi connectivity index (χ1n) is 6.02. The van der Waals surface area contributed by atoms with Gasteiger partial charge in [0.15, 0.2) is 0 Å². The normalized spacial score (nSPS) is 19.9. The number of aromatic nitrogens is 3. The molecule has 1 aliphatic heterocycles. The lowest BCUT2D eigenvalue weighted by atomic mass is 10.1. The molecule has 1 unspecified atom stereocenters. The van der Waals surface area contributed by atoms with Gasteiger partial charge in [-0.05, 0) is 13.0 Å². The van der Waals surface area contributed by atoms with E-state index in [2.05, 4.69) is 19.9 Å². The van der Waals surface area contributed by atoms with Gasteiger partial charge in [0, 0.05) is 48.9 Å². The fourth-order valence-corrected chi connectivity index (χ4v) is 2.97. The first-order valence-corrected chi connectivity index (χ1v) is 6.90. The molecular formula is C12H16N4S. The van der Waals surface area contributed by atoms with Crippen LogP contribution in [-0.4, -0.2) is 27.6 Å². The average Bonchev–Trinajstić information content (AvgIpc) is 3.09. The molecule has 1 aliphatic rings. The molecule has 1 saturated heterocycles. The van der Waals surface area contributed by atoms with Crippen LogP contribution in [0.5, 0.6) is 0 Å². The van der Waals surface area contributed by atoms with Gasteiger partial charge in [-0.25, -0.2) is 9.97 Å². The zero-order chi connectivity index (χ0) is 11.5. The van der Waals surface area contributed by atoms with E-state index in [0.29, 0.717) is 5.92 Å². The summed E-state index contributed by atoms with van der Waals surface area (Å²) in [7, 11) is 0. The molecule has 0 aliphatic carbocycles. The highest BCUT2D eigenvalue weighted by Gasteiger charge is 2.19. The van der Waals surface area contributed by atoms with Crippen LogP contribution in [0.2, 0.25) is 0 Å². The molecular weight excluding hydrogens is 232 g/mol. The Morgan fingerprint density at radius 3 is 3.29 bits per heavy atom. The fraction of sp³-hybridized carbons (Fsp3) is 0.500. The summed E-state index contributed by atoms with van der Waals surface area (Å²) in [6.45, 7) is 3.20. The van der Waals surface area contributed by atoms with Crippen LogP contribution in [0.3, 0.4) is 0 Å². The number of hydrogen-bond acceptors (Lipinski definition) is 4. The van der Waals surface area contributed by atoms with Crippen molar-refractivity contribution in [2.24, 2.45) is 0 Å². The van der Waals surface area contributed by atoms with Crippen molar-refractivity contribution in [3.8, 4) is 0 Å². The number of imidazole rings is 1. The summed E-state index contributed by atoms with van der Waals surface area (Å²) in [5.74, 6) is 0.633. The molecule has 1 fully saturated rings. The molecule has 0 aromatic carbocycles. The third-order valence-corrected chi connectivity index (χ3v) is 4.11. The number of thiazole rings is 1. The summed E-state index contributed by atoms with van der Waals surface area (Å²) in [5.41, 5.74) is 1.37. The smallest absolute Gasteiger partial charge is 0.0948 e. The van der Waals surface area contributed by atoms with E-state index in [4.69, 9.17) is 0 Å². The van der Waals surface area contributed by atoms with Crippen molar-refractivity contribution in [3.05, 3.63) is 34.8 Å². The molecule has 3 rings (SSSR count). The van der Waals surface area contributed by atoms with Gasteiger partial charge in [0.05, 0.1) is 11.3 Å². The fourth-order valence-electron chi connectivity index (χ4n) is 2.36. The van der Waals surface area contributed by atoms with Crippen LogP contribution in [0.15, 0.2) is 24.1 Å². The zero-order valence-electron chi connectivity index (χ0n) is 9.67. The molecule has 0 saturated carbocycles. The SMILES string of the molecule is c1csc(CCn2cncc2C2CCNC2)n1. The lowest BCUT2D eigenvalue weighted by Crippen LogP contribution is -2.12. The standard InChI is InChI=1S/C12H16N4S/c1-3-13-7-10(1)11-8-14-9-16(11)5-2-12-15-4-6-17-12/h4,6,8-10,13H,1-3,5,7H2. The maximum Gasteiger partial charge on any atom is 0.0948 e. The van der Waals surface area contributed by atoms with Crippen molar-refractivity contribution >= 4 is 11.3 Å². The lowest BCUT2D eigenvalue weighted by molar-refractivity contribution is 0.611. The largest absolute Gasteiger partial charge is 0.334 e. The molecule has 0 spiro atoms. The van der Waals surface area contributed by atoms with Crippen LogP contribution < -0.4 is 5.32 Å². The van der Waals surface area contributed by atoms with Gasteiger partial charge in [-0.15, -0.1) is 11.3 Å². The highest BCUT2D eigenvalue weighted by Crippen LogP contribution is 2.22. The Morgan fingerprint density at radius 2 is 2.53 bits per heavy atom. The van der Waals surface area contributed by atoms with Crippen LogP contribution in [0.1, 0.15) is 23.0 Å². The van der Waals surface area contributed by atoms with Gasteiger partial charge in [-0.3, -0.25) is 0 Å². The third-order valence-electron chi connectivity index (χ3n) is 3.27.